The fourth-order valence-corrected chi connectivity index (χ4v) is 1.11. The van der Waals surface area contributed by atoms with E-state index in [1.807, 2.05) is 0 Å². The van der Waals surface area contributed by atoms with Gasteiger partial charge in [-0.15, -0.1) is 0 Å². The van der Waals surface area contributed by atoms with Crippen LogP contribution in [0.2, 0.25) is 0 Å². The topological polar surface area (TPSA) is 56.0 Å². The third-order valence-electron chi connectivity index (χ3n) is 1.71. The fraction of sp³-hybridized carbons (Fsp3) is 0.286. The van der Waals surface area contributed by atoms with E-state index >= 15 is 0 Å². The van der Waals surface area contributed by atoms with Crippen molar-refractivity contribution in [2.24, 2.45) is 0 Å². The number of halogens is 6. The van der Waals surface area contributed by atoms with Crippen LogP contribution in [0.15, 0.2) is 6.20 Å². The van der Waals surface area contributed by atoms with Gasteiger partial charge < -0.3 is 0 Å². The lowest BCUT2D eigenvalue weighted by Crippen LogP contribution is -2.15. The number of hydrogen-bond acceptors (Lipinski definition) is 3. The van der Waals surface area contributed by atoms with Gasteiger partial charge in [-0.05, 0) is 0 Å². The molecule has 0 spiro atoms. The predicted octanol–water partition coefficient (Wildman–Crippen LogP) is 3.09. The second kappa shape index (κ2) is 4.18. The van der Waals surface area contributed by atoms with Crippen LogP contribution >= 0.6 is 0 Å². The van der Waals surface area contributed by atoms with Crippen molar-refractivity contribution < 1.29 is 31.3 Å². The van der Waals surface area contributed by atoms with Crippen molar-refractivity contribution in [1.29, 1.82) is 0 Å². The van der Waals surface area contributed by atoms with E-state index in [0.29, 0.717) is 0 Å². The Morgan fingerprint density at radius 1 is 1.35 bits per heavy atom. The maximum atomic E-state index is 12.8. The summed E-state index contributed by atoms with van der Waals surface area (Å²) in [6, 6.07) is 0. The zero-order chi connectivity index (χ0) is 13.4. The van der Waals surface area contributed by atoms with Crippen molar-refractivity contribution in [3.8, 4) is 0 Å². The average molecular weight is 260 g/mol. The molecule has 0 bridgehead atoms. The van der Waals surface area contributed by atoms with Gasteiger partial charge in [0.15, 0.2) is 17.1 Å². The Morgan fingerprint density at radius 3 is 2.24 bits per heavy atom. The normalized spacial score (nSPS) is 11.9. The van der Waals surface area contributed by atoms with Crippen LogP contribution in [0.3, 0.4) is 0 Å². The zero-order valence-electron chi connectivity index (χ0n) is 7.63. The third kappa shape index (κ3) is 2.45. The molecule has 0 unspecified atom stereocenters. The van der Waals surface area contributed by atoms with Crippen LogP contribution in [-0.2, 0) is 6.18 Å². The lowest BCUT2D eigenvalue weighted by atomic mass is 10.1. The van der Waals surface area contributed by atoms with Crippen molar-refractivity contribution in [1.82, 2.24) is 4.98 Å². The second-order valence-corrected chi connectivity index (χ2v) is 2.77. The van der Waals surface area contributed by atoms with Gasteiger partial charge in [-0.3, -0.25) is 10.1 Å². The van der Waals surface area contributed by atoms with E-state index < -0.39 is 40.3 Å². The van der Waals surface area contributed by atoms with Crippen LogP contribution in [0, 0.1) is 15.9 Å². The van der Waals surface area contributed by atoms with E-state index in [9.17, 15) is 36.5 Å². The van der Waals surface area contributed by atoms with Crippen LogP contribution in [0.25, 0.3) is 0 Å². The van der Waals surface area contributed by atoms with E-state index in [-0.39, 0.29) is 6.20 Å². The van der Waals surface area contributed by atoms with Gasteiger partial charge in [0.05, 0.1) is 11.1 Å². The highest BCUT2D eigenvalue weighted by Gasteiger charge is 2.45. The van der Waals surface area contributed by atoms with Crippen LogP contribution in [0.1, 0.15) is 17.7 Å². The largest absolute Gasteiger partial charge is 0.426 e. The summed E-state index contributed by atoms with van der Waals surface area (Å²) in [6.45, 7) is 0. The van der Waals surface area contributed by atoms with E-state index in [0.717, 1.165) is 0 Å². The molecule has 0 aliphatic rings. The Balaban J connectivity index is 3.67. The van der Waals surface area contributed by atoms with Gasteiger partial charge in [0, 0.05) is 0 Å². The molecule has 17 heavy (non-hydrogen) atoms. The summed E-state index contributed by atoms with van der Waals surface area (Å²) in [5.41, 5.74) is -6.14. The molecule has 1 heterocycles. The van der Waals surface area contributed by atoms with Gasteiger partial charge >= 0.3 is 11.9 Å². The first kappa shape index (κ1) is 13.2. The van der Waals surface area contributed by atoms with Crippen molar-refractivity contribution in [2.45, 2.75) is 12.6 Å². The maximum absolute atomic E-state index is 12.8. The number of aromatic nitrogens is 1. The minimum atomic E-state index is -5.46. The number of alkyl halides is 5. The van der Waals surface area contributed by atoms with Gasteiger partial charge in [0.1, 0.15) is 0 Å². The summed E-state index contributed by atoms with van der Waals surface area (Å²) < 4.78 is 74.2. The van der Waals surface area contributed by atoms with Crippen molar-refractivity contribution in [3.63, 3.8) is 0 Å². The number of rotatable bonds is 2. The summed E-state index contributed by atoms with van der Waals surface area (Å²) in [7, 11) is 0. The highest BCUT2D eigenvalue weighted by atomic mass is 19.4. The Labute approximate surface area is 89.0 Å². The summed E-state index contributed by atoms with van der Waals surface area (Å²) in [6.07, 6.45) is -9.20. The number of hydrogen-bond donors (Lipinski definition) is 0. The molecule has 0 amide bonds. The molecule has 0 N–H and O–H groups in total. The second-order valence-electron chi connectivity index (χ2n) is 2.77. The van der Waals surface area contributed by atoms with Crippen LogP contribution in [0.5, 0.6) is 0 Å². The van der Waals surface area contributed by atoms with Gasteiger partial charge in [-0.25, -0.2) is 18.2 Å². The molecule has 0 fully saturated rings. The molecule has 10 heteroatoms. The molecular weight excluding hydrogens is 258 g/mol. The molecule has 0 aromatic carbocycles. The highest BCUT2D eigenvalue weighted by Crippen LogP contribution is 2.41. The molecule has 1 aromatic rings. The summed E-state index contributed by atoms with van der Waals surface area (Å²) in [5.74, 6) is -2.08. The van der Waals surface area contributed by atoms with Crippen LogP contribution in [-0.4, -0.2) is 9.91 Å². The molecular formula is C7H2F6N2O2. The Hall–Kier alpha value is -1.87. The average Bonchev–Trinajstić information content (AvgIpc) is 2.14. The molecule has 94 valence electrons. The lowest BCUT2D eigenvalue weighted by molar-refractivity contribution is -0.390. The fourth-order valence-electron chi connectivity index (χ4n) is 1.11. The minimum Gasteiger partial charge on any atom is -0.258 e. The summed E-state index contributed by atoms with van der Waals surface area (Å²) in [5, 5.41) is 10.3. The number of nitrogens with zero attached hydrogens (tertiary/aromatic N) is 2. The lowest BCUT2D eigenvalue weighted by Gasteiger charge is -2.10. The standard InChI is InChI=1S/C7H2F6N2O2/c8-2-1-14-4(6(9)10)5(15(16)17)3(2)7(11,12)13/h1,6H. The quantitative estimate of drug-likeness (QED) is 0.466. The van der Waals surface area contributed by atoms with E-state index in [2.05, 4.69) is 4.98 Å². The first-order valence-corrected chi connectivity index (χ1v) is 3.84. The first-order chi connectivity index (χ1) is 7.66. The Kier molecular flexibility index (Phi) is 3.25. The summed E-state index contributed by atoms with van der Waals surface area (Å²) in [4.78, 5) is 11.2. The SMILES string of the molecule is O=[N+]([O-])c1c(C(F)F)ncc(F)c1C(F)(F)F. The Morgan fingerprint density at radius 2 is 1.88 bits per heavy atom. The molecule has 0 saturated heterocycles. The minimum absolute atomic E-state index is 0.128. The van der Waals surface area contributed by atoms with Crippen LogP contribution < -0.4 is 0 Å². The van der Waals surface area contributed by atoms with E-state index in [1.165, 1.54) is 0 Å². The molecule has 0 atom stereocenters. The van der Waals surface area contributed by atoms with Crippen molar-refractivity contribution in [3.05, 3.63) is 33.4 Å². The third-order valence-corrected chi connectivity index (χ3v) is 1.71. The van der Waals surface area contributed by atoms with Crippen LogP contribution in [0.4, 0.5) is 32.0 Å². The predicted molar refractivity (Wildman–Crippen MR) is 40.8 cm³/mol. The van der Waals surface area contributed by atoms with Gasteiger partial charge in [0.2, 0.25) is 0 Å². The van der Waals surface area contributed by atoms with E-state index in [4.69, 9.17) is 0 Å². The maximum Gasteiger partial charge on any atom is 0.426 e. The first-order valence-electron chi connectivity index (χ1n) is 3.84. The highest BCUT2D eigenvalue weighted by molar-refractivity contribution is 5.46. The molecule has 1 aromatic heterocycles. The van der Waals surface area contributed by atoms with Gasteiger partial charge in [-0.1, -0.05) is 0 Å². The Bertz CT molecular complexity index is 458. The van der Waals surface area contributed by atoms with Gasteiger partial charge in [0.25, 0.3) is 6.43 Å². The molecule has 0 saturated carbocycles. The molecule has 0 aliphatic heterocycles. The van der Waals surface area contributed by atoms with E-state index in [1.54, 1.807) is 0 Å². The number of nitro groups is 1. The molecule has 4 nitrogen and oxygen atoms in total. The van der Waals surface area contributed by atoms with Crippen molar-refractivity contribution >= 4 is 5.69 Å². The summed E-state index contributed by atoms with van der Waals surface area (Å²) >= 11 is 0. The molecule has 1 rings (SSSR count). The molecule has 0 radical (unpaired) electrons. The van der Waals surface area contributed by atoms with Crippen molar-refractivity contribution in [2.75, 3.05) is 0 Å². The van der Waals surface area contributed by atoms with Gasteiger partial charge in [-0.2, -0.15) is 13.2 Å². The molecule has 0 aliphatic carbocycles. The smallest absolute Gasteiger partial charge is 0.258 e. The zero-order valence-corrected chi connectivity index (χ0v) is 7.63. The number of pyridine rings is 1. The monoisotopic (exact) mass is 260 g/mol.